The van der Waals surface area contributed by atoms with Crippen LogP contribution in [0.15, 0.2) is 40.8 Å². The molecule has 1 heterocycles. The molecule has 2 aromatic carbocycles. The van der Waals surface area contributed by atoms with Gasteiger partial charge in [-0.3, -0.25) is 0 Å². The summed E-state index contributed by atoms with van der Waals surface area (Å²) in [5.41, 5.74) is 3.21. The van der Waals surface area contributed by atoms with Gasteiger partial charge in [-0.05, 0) is 49.6 Å². The minimum absolute atomic E-state index is 0.250. The number of aryl methyl sites for hydroxylation is 2. The van der Waals surface area contributed by atoms with Crippen molar-refractivity contribution in [2.45, 2.75) is 33.5 Å². The van der Waals surface area contributed by atoms with E-state index in [0.29, 0.717) is 60.5 Å². The maximum atomic E-state index is 11.4. The number of carbonyl (C=O) groups is 1. The molecule has 0 aliphatic heterocycles. The predicted molar refractivity (Wildman–Crippen MR) is 122 cm³/mol. The number of aromatic carboxylic acids is 1. The van der Waals surface area contributed by atoms with Gasteiger partial charge >= 0.3 is 5.97 Å². The van der Waals surface area contributed by atoms with Crippen molar-refractivity contribution in [1.29, 1.82) is 0 Å². The Hall–Kier alpha value is -3.36. The van der Waals surface area contributed by atoms with E-state index in [-0.39, 0.29) is 6.61 Å². The van der Waals surface area contributed by atoms with Gasteiger partial charge in [-0.15, -0.1) is 0 Å². The number of hydrogen-bond acceptors (Lipinski definition) is 7. The summed E-state index contributed by atoms with van der Waals surface area (Å²) in [7, 11) is 3.17. The van der Waals surface area contributed by atoms with Gasteiger partial charge < -0.3 is 28.5 Å². The largest absolute Gasteiger partial charge is 0.493 e. The first-order valence-corrected chi connectivity index (χ1v) is 10.6. The summed E-state index contributed by atoms with van der Waals surface area (Å²) in [6.45, 7) is 5.15. The molecule has 176 valence electrons. The van der Waals surface area contributed by atoms with Gasteiger partial charge in [0.2, 0.25) is 5.89 Å². The Morgan fingerprint density at radius 1 is 1.00 bits per heavy atom. The van der Waals surface area contributed by atoms with Crippen LogP contribution in [-0.2, 0) is 22.7 Å². The number of nitrogens with zero attached hydrogens (tertiary/aromatic N) is 1. The summed E-state index contributed by atoms with van der Waals surface area (Å²) >= 11 is 0. The number of ether oxygens (including phenoxy) is 4. The van der Waals surface area contributed by atoms with Crippen LogP contribution in [0.5, 0.6) is 11.5 Å². The molecular formula is C25H29NO7. The monoisotopic (exact) mass is 455 g/mol. The van der Waals surface area contributed by atoms with Gasteiger partial charge in [0.15, 0.2) is 11.5 Å². The van der Waals surface area contributed by atoms with E-state index in [0.717, 1.165) is 16.8 Å². The third kappa shape index (κ3) is 6.12. The van der Waals surface area contributed by atoms with Crippen LogP contribution in [0.1, 0.15) is 39.4 Å². The first-order chi connectivity index (χ1) is 15.9. The number of hydrogen-bond donors (Lipinski definition) is 1. The number of rotatable bonds is 12. The molecule has 1 aromatic heterocycles. The van der Waals surface area contributed by atoms with Crippen molar-refractivity contribution >= 4 is 5.97 Å². The number of methoxy groups -OCH3 is 2. The molecule has 0 spiro atoms. The zero-order chi connectivity index (χ0) is 23.8. The lowest BCUT2D eigenvalue weighted by Gasteiger charge is -2.09. The van der Waals surface area contributed by atoms with Crippen molar-refractivity contribution in [3.8, 4) is 23.0 Å². The fraction of sp³-hybridized carbons (Fsp3) is 0.360. The molecule has 0 saturated heterocycles. The zero-order valence-corrected chi connectivity index (χ0v) is 19.3. The highest BCUT2D eigenvalue weighted by Gasteiger charge is 2.15. The van der Waals surface area contributed by atoms with Crippen molar-refractivity contribution in [3.63, 3.8) is 0 Å². The van der Waals surface area contributed by atoms with E-state index < -0.39 is 5.97 Å². The minimum Gasteiger partial charge on any atom is -0.493 e. The molecule has 0 aliphatic rings. The van der Waals surface area contributed by atoms with Crippen LogP contribution in [0.3, 0.4) is 0 Å². The third-order valence-corrected chi connectivity index (χ3v) is 5.17. The highest BCUT2D eigenvalue weighted by molar-refractivity contribution is 5.91. The fourth-order valence-corrected chi connectivity index (χ4v) is 3.42. The molecule has 0 radical (unpaired) electrons. The summed E-state index contributed by atoms with van der Waals surface area (Å²) in [6.07, 6.45) is 0.674. The molecule has 0 bridgehead atoms. The second kappa shape index (κ2) is 11.5. The van der Waals surface area contributed by atoms with Crippen LogP contribution in [0.2, 0.25) is 0 Å². The molecule has 0 amide bonds. The number of carboxylic acids is 1. The van der Waals surface area contributed by atoms with Crippen molar-refractivity contribution in [2.75, 3.05) is 27.4 Å². The second-order valence-electron chi connectivity index (χ2n) is 7.46. The van der Waals surface area contributed by atoms with Gasteiger partial charge in [0.1, 0.15) is 11.5 Å². The van der Waals surface area contributed by atoms with Gasteiger partial charge in [0.05, 0.1) is 33.0 Å². The van der Waals surface area contributed by atoms with Crippen LogP contribution in [0, 0.1) is 13.8 Å². The summed E-state index contributed by atoms with van der Waals surface area (Å²) in [6, 6.07) is 10.9. The molecule has 3 rings (SSSR count). The molecule has 33 heavy (non-hydrogen) atoms. The van der Waals surface area contributed by atoms with Gasteiger partial charge in [0.25, 0.3) is 0 Å². The van der Waals surface area contributed by atoms with Crippen LogP contribution in [-0.4, -0.2) is 43.5 Å². The summed E-state index contributed by atoms with van der Waals surface area (Å²) in [5, 5.41) is 9.37. The number of aromatic nitrogens is 1. The average molecular weight is 456 g/mol. The lowest BCUT2D eigenvalue weighted by Crippen LogP contribution is -2.08. The highest BCUT2D eigenvalue weighted by Crippen LogP contribution is 2.32. The smallest absolute Gasteiger partial charge is 0.336 e. The standard InChI is InChI=1S/C25H29NO7/c1-16-7-5-8-19(23(16)25(27)28)14-31-11-6-12-32-15-20-17(2)33-24(26-20)18-9-10-21(29-3)22(13-18)30-4/h5,7-10,13H,6,11-12,14-15H2,1-4H3,(H,27,28). The highest BCUT2D eigenvalue weighted by atomic mass is 16.5. The Kier molecular flexibility index (Phi) is 8.46. The maximum Gasteiger partial charge on any atom is 0.336 e. The molecule has 0 fully saturated rings. The van der Waals surface area contributed by atoms with Crippen LogP contribution >= 0.6 is 0 Å². The minimum atomic E-state index is -0.939. The van der Waals surface area contributed by atoms with Gasteiger partial charge in [-0.2, -0.15) is 0 Å². The summed E-state index contributed by atoms with van der Waals surface area (Å²) < 4.78 is 27.8. The van der Waals surface area contributed by atoms with E-state index in [1.807, 2.05) is 25.1 Å². The number of carboxylic acid groups (broad SMARTS) is 1. The number of oxazole rings is 1. The van der Waals surface area contributed by atoms with Crippen molar-refractivity contribution < 1.29 is 33.3 Å². The lowest BCUT2D eigenvalue weighted by molar-refractivity contribution is 0.0639. The molecule has 3 aromatic rings. The Balaban J connectivity index is 1.45. The first-order valence-electron chi connectivity index (χ1n) is 10.6. The Bertz CT molecular complexity index is 1090. The van der Waals surface area contributed by atoms with Crippen molar-refractivity contribution in [2.24, 2.45) is 0 Å². The predicted octanol–water partition coefficient (Wildman–Crippen LogP) is 4.80. The van der Waals surface area contributed by atoms with Crippen molar-refractivity contribution in [1.82, 2.24) is 4.98 Å². The van der Waals surface area contributed by atoms with Crippen LogP contribution in [0.4, 0.5) is 0 Å². The van der Waals surface area contributed by atoms with E-state index in [4.69, 9.17) is 23.4 Å². The van der Waals surface area contributed by atoms with Gasteiger partial charge in [-0.1, -0.05) is 18.2 Å². The molecular weight excluding hydrogens is 426 g/mol. The molecule has 8 heteroatoms. The summed E-state index contributed by atoms with van der Waals surface area (Å²) in [4.78, 5) is 16.0. The molecule has 8 nitrogen and oxygen atoms in total. The second-order valence-corrected chi connectivity index (χ2v) is 7.46. The number of benzene rings is 2. The van der Waals surface area contributed by atoms with Crippen LogP contribution in [0.25, 0.3) is 11.5 Å². The average Bonchev–Trinajstić information content (AvgIpc) is 3.18. The van der Waals surface area contributed by atoms with Gasteiger partial charge in [0, 0.05) is 18.8 Å². The molecule has 0 saturated carbocycles. The quantitative estimate of drug-likeness (QED) is 0.389. The third-order valence-electron chi connectivity index (χ3n) is 5.17. The van der Waals surface area contributed by atoms with E-state index in [2.05, 4.69) is 4.98 Å². The molecule has 0 unspecified atom stereocenters. The normalized spacial score (nSPS) is 10.9. The molecule has 0 aliphatic carbocycles. The Morgan fingerprint density at radius 3 is 2.42 bits per heavy atom. The summed E-state index contributed by atoms with van der Waals surface area (Å²) in [5.74, 6) is 1.48. The SMILES string of the molecule is COc1ccc(-c2nc(COCCCOCc3cccc(C)c3C(=O)O)c(C)o2)cc1OC. The van der Waals surface area contributed by atoms with Gasteiger partial charge in [-0.25, -0.2) is 9.78 Å². The zero-order valence-electron chi connectivity index (χ0n) is 19.3. The maximum absolute atomic E-state index is 11.4. The van der Waals surface area contributed by atoms with Crippen LogP contribution < -0.4 is 9.47 Å². The van der Waals surface area contributed by atoms with E-state index in [9.17, 15) is 9.90 Å². The van der Waals surface area contributed by atoms with Crippen molar-refractivity contribution in [3.05, 3.63) is 64.5 Å². The van der Waals surface area contributed by atoms with E-state index in [1.165, 1.54) is 0 Å². The topological polar surface area (TPSA) is 100 Å². The fourth-order valence-electron chi connectivity index (χ4n) is 3.42. The lowest BCUT2D eigenvalue weighted by atomic mass is 10.0. The van der Waals surface area contributed by atoms with E-state index >= 15 is 0 Å². The Labute approximate surface area is 193 Å². The Morgan fingerprint density at radius 2 is 1.73 bits per heavy atom. The molecule has 1 N–H and O–H groups in total. The first kappa shape index (κ1) is 24.3. The molecule has 0 atom stereocenters. The van der Waals surface area contributed by atoms with E-state index in [1.54, 1.807) is 39.3 Å².